The molecule has 4 nitrogen and oxygen atoms in total. The van der Waals surface area contributed by atoms with Crippen molar-refractivity contribution >= 4 is 11.4 Å². The van der Waals surface area contributed by atoms with Crippen molar-refractivity contribution in [1.82, 2.24) is 5.16 Å². The van der Waals surface area contributed by atoms with Crippen LogP contribution in [0.15, 0.2) is 28.8 Å². The number of rotatable bonds is 3. The maximum absolute atomic E-state index is 5.82. The van der Waals surface area contributed by atoms with Gasteiger partial charge in [-0.3, -0.25) is 0 Å². The third-order valence-corrected chi connectivity index (χ3v) is 2.51. The number of nitrogen functional groups attached to an aromatic ring is 1. The Kier molecular flexibility index (Phi) is 2.81. The maximum atomic E-state index is 5.82. The Bertz CT molecular complexity index is 491. The average molecular weight is 217 g/mol. The summed E-state index contributed by atoms with van der Waals surface area (Å²) in [5.74, 6) is 0.819. The lowest BCUT2D eigenvalue weighted by molar-refractivity contribution is 0.384. The van der Waals surface area contributed by atoms with Crippen molar-refractivity contribution in [2.45, 2.75) is 20.4 Å². The summed E-state index contributed by atoms with van der Waals surface area (Å²) in [4.78, 5) is 0. The molecule has 84 valence electrons. The molecule has 1 aromatic heterocycles. The zero-order valence-electron chi connectivity index (χ0n) is 9.45. The van der Waals surface area contributed by atoms with Crippen molar-refractivity contribution in [3.05, 3.63) is 41.3 Å². The molecule has 3 N–H and O–H groups in total. The van der Waals surface area contributed by atoms with Crippen LogP contribution in [0.3, 0.4) is 0 Å². The van der Waals surface area contributed by atoms with Gasteiger partial charge in [0.15, 0.2) is 5.76 Å². The minimum absolute atomic E-state index is 0.616. The second-order valence-corrected chi connectivity index (χ2v) is 3.81. The fourth-order valence-electron chi connectivity index (χ4n) is 1.53. The summed E-state index contributed by atoms with van der Waals surface area (Å²) in [6, 6.07) is 7.72. The number of aromatic nitrogens is 1. The topological polar surface area (TPSA) is 64.1 Å². The van der Waals surface area contributed by atoms with Crippen LogP contribution >= 0.6 is 0 Å². The predicted octanol–water partition coefficient (Wildman–Crippen LogP) is 2.49. The van der Waals surface area contributed by atoms with Gasteiger partial charge in [0.1, 0.15) is 0 Å². The van der Waals surface area contributed by atoms with Gasteiger partial charge < -0.3 is 15.6 Å². The highest BCUT2D eigenvalue weighted by molar-refractivity contribution is 5.62. The van der Waals surface area contributed by atoms with Crippen LogP contribution in [-0.2, 0) is 6.54 Å². The maximum Gasteiger partial charge on any atom is 0.156 e. The highest BCUT2D eigenvalue weighted by atomic mass is 16.5. The normalized spacial score (nSPS) is 10.4. The van der Waals surface area contributed by atoms with Crippen molar-refractivity contribution < 1.29 is 4.52 Å². The second kappa shape index (κ2) is 4.26. The Morgan fingerprint density at radius 2 is 2.19 bits per heavy atom. The lowest BCUT2D eigenvalue weighted by Crippen LogP contribution is -2.01. The molecule has 0 amide bonds. The van der Waals surface area contributed by atoms with E-state index in [4.69, 9.17) is 10.3 Å². The van der Waals surface area contributed by atoms with Gasteiger partial charge in [-0.1, -0.05) is 11.2 Å². The zero-order valence-corrected chi connectivity index (χ0v) is 9.45. The summed E-state index contributed by atoms with van der Waals surface area (Å²) in [5.41, 5.74) is 9.57. The minimum atomic E-state index is 0.616. The SMILES string of the molecule is Cc1cc(CNc2cccc(N)c2C)on1. The highest BCUT2D eigenvalue weighted by Gasteiger charge is 2.03. The molecule has 0 fully saturated rings. The first-order valence-electron chi connectivity index (χ1n) is 5.18. The molecule has 0 aliphatic heterocycles. The van der Waals surface area contributed by atoms with Crippen molar-refractivity contribution in [2.24, 2.45) is 0 Å². The van der Waals surface area contributed by atoms with Gasteiger partial charge in [0, 0.05) is 17.4 Å². The second-order valence-electron chi connectivity index (χ2n) is 3.81. The molecule has 0 radical (unpaired) electrons. The van der Waals surface area contributed by atoms with Crippen LogP contribution in [0.2, 0.25) is 0 Å². The molecule has 16 heavy (non-hydrogen) atoms. The van der Waals surface area contributed by atoms with E-state index in [1.54, 1.807) is 0 Å². The Morgan fingerprint density at radius 3 is 2.88 bits per heavy atom. The molecule has 0 unspecified atom stereocenters. The van der Waals surface area contributed by atoms with Crippen LogP contribution in [0.25, 0.3) is 0 Å². The van der Waals surface area contributed by atoms with Crippen LogP contribution < -0.4 is 11.1 Å². The van der Waals surface area contributed by atoms with Crippen molar-refractivity contribution in [1.29, 1.82) is 0 Å². The van der Waals surface area contributed by atoms with E-state index in [0.29, 0.717) is 6.54 Å². The summed E-state index contributed by atoms with van der Waals surface area (Å²) < 4.78 is 5.11. The molecule has 2 aromatic rings. The summed E-state index contributed by atoms with van der Waals surface area (Å²) in [6.07, 6.45) is 0. The zero-order chi connectivity index (χ0) is 11.5. The van der Waals surface area contributed by atoms with Gasteiger partial charge in [-0.05, 0) is 31.5 Å². The molecule has 4 heteroatoms. The van der Waals surface area contributed by atoms with E-state index in [1.807, 2.05) is 38.1 Å². The Labute approximate surface area is 94.4 Å². The monoisotopic (exact) mass is 217 g/mol. The number of hydrogen-bond acceptors (Lipinski definition) is 4. The smallest absolute Gasteiger partial charge is 0.156 e. The van der Waals surface area contributed by atoms with Crippen LogP contribution in [0.5, 0.6) is 0 Å². The standard InChI is InChI=1S/C12H15N3O/c1-8-6-10(16-15-8)7-14-12-5-3-4-11(13)9(12)2/h3-6,14H,7,13H2,1-2H3. The van der Waals surface area contributed by atoms with Gasteiger partial charge in [-0.2, -0.15) is 0 Å². The number of anilines is 2. The Hall–Kier alpha value is -1.97. The molecule has 0 aliphatic rings. The molecular weight excluding hydrogens is 202 g/mol. The molecule has 0 atom stereocenters. The minimum Gasteiger partial charge on any atom is -0.398 e. The number of nitrogens with zero attached hydrogens (tertiary/aromatic N) is 1. The van der Waals surface area contributed by atoms with E-state index in [-0.39, 0.29) is 0 Å². The molecule has 1 heterocycles. The van der Waals surface area contributed by atoms with Crippen molar-refractivity contribution in [2.75, 3.05) is 11.1 Å². The molecule has 0 saturated carbocycles. The molecule has 0 aliphatic carbocycles. The lowest BCUT2D eigenvalue weighted by atomic mass is 10.1. The van der Waals surface area contributed by atoms with Gasteiger partial charge in [0.25, 0.3) is 0 Å². The fourth-order valence-corrected chi connectivity index (χ4v) is 1.53. The summed E-state index contributed by atoms with van der Waals surface area (Å²) in [5, 5.41) is 7.10. The number of nitrogens with two attached hydrogens (primary N) is 1. The van der Waals surface area contributed by atoms with E-state index in [0.717, 1.165) is 28.4 Å². The summed E-state index contributed by atoms with van der Waals surface area (Å²) in [7, 11) is 0. The third kappa shape index (κ3) is 2.16. The molecule has 0 spiro atoms. The molecular formula is C12H15N3O. The number of aryl methyl sites for hydroxylation is 1. The average Bonchev–Trinajstić information content (AvgIpc) is 2.67. The number of benzene rings is 1. The van der Waals surface area contributed by atoms with Gasteiger partial charge >= 0.3 is 0 Å². The van der Waals surface area contributed by atoms with Crippen molar-refractivity contribution in [3.8, 4) is 0 Å². The van der Waals surface area contributed by atoms with Crippen LogP contribution in [-0.4, -0.2) is 5.16 Å². The summed E-state index contributed by atoms with van der Waals surface area (Å²) >= 11 is 0. The van der Waals surface area contributed by atoms with Crippen molar-refractivity contribution in [3.63, 3.8) is 0 Å². The van der Waals surface area contributed by atoms with E-state index >= 15 is 0 Å². The largest absolute Gasteiger partial charge is 0.398 e. The van der Waals surface area contributed by atoms with E-state index in [9.17, 15) is 0 Å². The molecule has 1 aromatic carbocycles. The number of hydrogen-bond donors (Lipinski definition) is 2. The van der Waals surface area contributed by atoms with Gasteiger partial charge in [-0.25, -0.2) is 0 Å². The molecule has 0 bridgehead atoms. The van der Waals surface area contributed by atoms with E-state index in [2.05, 4.69) is 10.5 Å². The Balaban J connectivity index is 2.07. The summed E-state index contributed by atoms with van der Waals surface area (Å²) in [6.45, 7) is 4.51. The van der Waals surface area contributed by atoms with Crippen LogP contribution in [0, 0.1) is 13.8 Å². The fraction of sp³-hybridized carbons (Fsp3) is 0.250. The van der Waals surface area contributed by atoms with Crippen LogP contribution in [0.4, 0.5) is 11.4 Å². The molecule has 0 saturated heterocycles. The predicted molar refractivity (Wildman–Crippen MR) is 64.2 cm³/mol. The highest BCUT2D eigenvalue weighted by Crippen LogP contribution is 2.21. The van der Waals surface area contributed by atoms with E-state index < -0.39 is 0 Å². The van der Waals surface area contributed by atoms with Gasteiger partial charge in [-0.15, -0.1) is 0 Å². The molecule has 2 rings (SSSR count). The first kappa shape index (κ1) is 10.5. The van der Waals surface area contributed by atoms with Gasteiger partial charge in [0.2, 0.25) is 0 Å². The van der Waals surface area contributed by atoms with Gasteiger partial charge in [0.05, 0.1) is 12.2 Å². The first-order chi connectivity index (χ1) is 7.66. The first-order valence-corrected chi connectivity index (χ1v) is 5.18. The van der Waals surface area contributed by atoms with E-state index in [1.165, 1.54) is 0 Å². The Morgan fingerprint density at radius 1 is 1.38 bits per heavy atom. The number of nitrogens with one attached hydrogen (secondary N) is 1. The quantitative estimate of drug-likeness (QED) is 0.775. The third-order valence-electron chi connectivity index (χ3n) is 2.51. The van der Waals surface area contributed by atoms with Crippen LogP contribution in [0.1, 0.15) is 17.0 Å². The lowest BCUT2D eigenvalue weighted by Gasteiger charge is -2.09.